The van der Waals surface area contributed by atoms with Crippen molar-refractivity contribution in [1.29, 1.82) is 0 Å². The first kappa shape index (κ1) is 11.3. The molecule has 0 aromatic carbocycles. The first-order valence-corrected chi connectivity index (χ1v) is 4.88. The van der Waals surface area contributed by atoms with Crippen LogP contribution < -0.4 is 0 Å². The smallest absolute Gasteiger partial charge is 0.253 e. The fourth-order valence-electron chi connectivity index (χ4n) is 0.952. The van der Waals surface area contributed by atoms with Gasteiger partial charge < -0.3 is 4.90 Å². The Balaban J connectivity index is 3.01. The summed E-state index contributed by atoms with van der Waals surface area (Å²) in [6.07, 6.45) is 0. The van der Waals surface area contributed by atoms with Gasteiger partial charge >= 0.3 is 0 Å². The molecule has 14 heavy (non-hydrogen) atoms. The molecule has 0 aliphatic heterocycles. The SMILES string of the molecule is CCN(C)C(=O)c1cc(Cl)nc(Cl)c1. The topological polar surface area (TPSA) is 33.2 Å². The van der Waals surface area contributed by atoms with Crippen LogP contribution in [0.25, 0.3) is 0 Å². The highest BCUT2D eigenvalue weighted by molar-refractivity contribution is 6.33. The van der Waals surface area contributed by atoms with E-state index in [1.54, 1.807) is 11.9 Å². The molecular weight excluding hydrogens is 223 g/mol. The largest absolute Gasteiger partial charge is 0.342 e. The van der Waals surface area contributed by atoms with Gasteiger partial charge in [0, 0.05) is 19.2 Å². The molecule has 0 saturated heterocycles. The summed E-state index contributed by atoms with van der Waals surface area (Å²) < 4.78 is 0. The highest BCUT2D eigenvalue weighted by Crippen LogP contribution is 2.15. The van der Waals surface area contributed by atoms with Gasteiger partial charge in [0.2, 0.25) is 0 Å². The van der Waals surface area contributed by atoms with Crippen LogP contribution in [-0.2, 0) is 0 Å². The van der Waals surface area contributed by atoms with Crippen LogP contribution in [0, 0.1) is 0 Å². The van der Waals surface area contributed by atoms with E-state index in [1.165, 1.54) is 12.1 Å². The van der Waals surface area contributed by atoms with Crippen LogP contribution in [-0.4, -0.2) is 29.4 Å². The summed E-state index contributed by atoms with van der Waals surface area (Å²) in [5.41, 5.74) is 0.458. The van der Waals surface area contributed by atoms with E-state index in [4.69, 9.17) is 23.2 Å². The van der Waals surface area contributed by atoms with E-state index < -0.39 is 0 Å². The van der Waals surface area contributed by atoms with E-state index in [9.17, 15) is 4.79 Å². The molecule has 0 atom stereocenters. The minimum Gasteiger partial charge on any atom is -0.342 e. The minimum atomic E-state index is -0.112. The number of hydrogen-bond donors (Lipinski definition) is 0. The summed E-state index contributed by atoms with van der Waals surface area (Å²) in [4.78, 5) is 17.0. The zero-order valence-electron chi connectivity index (χ0n) is 7.92. The standard InChI is InChI=1S/C9H10Cl2N2O/c1-3-13(2)9(14)6-4-7(10)12-8(11)5-6/h4-5H,3H2,1-2H3. The van der Waals surface area contributed by atoms with Crippen LogP contribution in [0.4, 0.5) is 0 Å². The van der Waals surface area contributed by atoms with E-state index in [0.29, 0.717) is 12.1 Å². The number of carbonyl (C=O) groups is 1. The Morgan fingerprint density at radius 1 is 1.43 bits per heavy atom. The zero-order valence-corrected chi connectivity index (χ0v) is 9.43. The molecule has 1 aromatic heterocycles. The van der Waals surface area contributed by atoms with Gasteiger partial charge in [-0.05, 0) is 19.1 Å². The van der Waals surface area contributed by atoms with Crippen LogP contribution >= 0.6 is 23.2 Å². The third kappa shape index (κ3) is 2.59. The lowest BCUT2D eigenvalue weighted by Crippen LogP contribution is -2.26. The second-order valence-electron chi connectivity index (χ2n) is 2.82. The monoisotopic (exact) mass is 232 g/mol. The molecule has 1 rings (SSSR count). The summed E-state index contributed by atoms with van der Waals surface area (Å²) in [6.45, 7) is 2.53. The van der Waals surface area contributed by atoms with Crippen molar-refractivity contribution in [1.82, 2.24) is 9.88 Å². The van der Waals surface area contributed by atoms with Crippen LogP contribution in [0.2, 0.25) is 10.3 Å². The van der Waals surface area contributed by atoms with E-state index in [2.05, 4.69) is 4.98 Å². The molecule has 76 valence electrons. The number of nitrogens with zero attached hydrogens (tertiary/aromatic N) is 2. The van der Waals surface area contributed by atoms with Crippen LogP contribution in [0.1, 0.15) is 17.3 Å². The van der Waals surface area contributed by atoms with Crippen LogP contribution in [0.15, 0.2) is 12.1 Å². The Morgan fingerprint density at radius 2 is 1.93 bits per heavy atom. The zero-order chi connectivity index (χ0) is 10.7. The number of hydrogen-bond acceptors (Lipinski definition) is 2. The van der Waals surface area contributed by atoms with Gasteiger partial charge in [-0.1, -0.05) is 23.2 Å². The molecule has 0 unspecified atom stereocenters. The van der Waals surface area contributed by atoms with Gasteiger partial charge in [0.25, 0.3) is 5.91 Å². The summed E-state index contributed by atoms with van der Waals surface area (Å²) in [5, 5.41) is 0.454. The lowest BCUT2D eigenvalue weighted by atomic mass is 10.2. The van der Waals surface area contributed by atoms with Gasteiger partial charge in [-0.3, -0.25) is 4.79 Å². The maximum Gasteiger partial charge on any atom is 0.253 e. The molecule has 0 aliphatic rings. The molecular formula is C9H10Cl2N2O. The highest BCUT2D eigenvalue weighted by Gasteiger charge is 2.11. The first-order chi connectivity index (χ1) is 6.54. The fraction of sp³-hybridized carbons (Fsp3) is 0.333. The Hall–Kier alpha value is -0.800. The molecule has 3 nitrogen and oxygen atoms in total. The third-order valence-corrected chi connectivity index (χ3v) is 2.22. The van der Waals surface area contributed by atoms with Crippen molar-refractivity contribution in [2.45, 2.75) is 6.92 Å². The molecule has 0 N–H and O–H groups in total. The number of pyridine rings is 1. The Bertz CT molecular complexity index is 334. The van der Waals surface area contributed by atoms with Gasteiger partial charge in [-0.25, -0.2) is 4.98 Å². The summed E-state index contributed by atoms with van der Waals surface area (Å²) >= 11 is 11.4. The fourth-order valence-corrected chi connectivity index (χ4v) is 1.41. The van der Waals surface area contributed by atoms with E-state index >= 15 is 0 Å². The molecule has 5 heteroatoms. The highest BCUT2D eigenvalue weighted by atomic mass is 35.5. The Labute approximate surface area is 92.6 Å². The molecule has 0 spiro atoms. The second-order valence-corrected chi connectivity index (χ2v) is 3.60. The molecule has 0 radical (unpaired) electrons. The predicted octanol–water partition coefficient (Wildman–Crippen LogP) is 2.48. The van der Waals surface area contributed by atoms with E-state index in [1.807, 2.05) is 6.92 Å². The average molecular weight is 233 g/mol. The molecule has 1 aromatic rings. The lowest BCUT2D eigenvalue weighted by molar-refractivity contribution is 0.0802. The molecule has 0 saturated carbocycles. The van der Waals surface area contributed by atoms with E-state index in [0.717, 1.165) is 0 Å². The number of aromatic nitrogens is 1. The maximum absolute atomic E-state index is 11.7. The number of carbonyl (C=O) groups excluding carboxylic acids is 1. The van der Waals surface area contributed by atoms with Gasteiger partial charge in [0.1, 0.15) is 10.3 Å². The number of halogens is 2. The third-order valence-electron chi connectivity index (χ3n) is 1.83. The molecule has 0 bridgehead atoms. The maximum atomic E-state index is 11.7. The number of rotatable bonds is 2. The predicted molar refractivity (Wildman–Crippen MR) is 56.9 cm³/mol. The molecule has 1 amide bonds. The second kappa shape index (κ2) is 4.62. The van der Waals surface area contributed by atoms with Crippen molar-refractivity contribution < 1.29 is 4.79 Å². The van der Waals surface area contributed by atoms with Gasteiger partial charge in [-0.2, -0.15) is 0 Å². The molecule has 0 aliphatic carbocycles. The Kier molecular flexibility index (Phi) is 3.72. The summed E-state index contributed by atoms with van der Waals surface area (Å²) in [5.74, 6) is -0.112. The van der Waals surface area contributed by atoms with Gasteiger partial charge in [0.05, 0.1) is 0 Å². The van der Waals surface area contributed by atoms with Crippen molar-refractivity contribution in [3.8, 4) is 0 Å². The van der Waals surface area contributed by atoms with Gasteiger partial charge in [-0.15, -0.1) is 0 Å². The average Bonchev–Trinajstić information content (AvgIpc) is 2.14. The normalized spacial score (nSPS) is 10.0. The van der Waals surface area contributed by atoms with Crippen LogP contribution in [0.5, 0.6) is 0 Å². The quantitative estimate of drug-likeness (QED) is 0.735. The lowest BCUT2D eigenvalue weighted by Gasteiger charge is -2.14. The Morgan fingerprint density at radius 3 is 2.36 bits per heavy atom. The number of amides is 1. The van der Waals surface area contributed by atoms with Crippen molar-refractivity contribution >= 4 is 29.1 Å². The van der Waals surface area contributed by atoms with Crippen LogP contribution in [0.3, 0.4) is 0 Å². The van der Waals surface area contributed by atoms with Crippen molar-refractivity contribution in [2.24, 2.45) is 0 Å². The molecule has 0 fully saturated rings. The minimum absolute atomic E-state index is 0.112. The first-order valence-electron chi connectivity index (χ1n) is 4.13. The van der Waals surface area contributed by atoms with Gasteiger partial charge in [0.15, 0.2) is 0 Å². The van der Waals surface area contributed by atoms with Crippen molar-refractivity contribution in [3.63, 3.8) is 0 Å². The van der Waals surface area contributed by atoms with E-state index in [-0.39, 0.29) is 16.2 Å². The molecule has 1 heterocycles. The summed E-state index contributed by atoms with van der Waals surface area (Å²) in [6, 6.07) is 3.00. The summed E-state index contributed by atoms with van der Waals surface area (Å²) in [7, 11) is 1.71. The van der Waals surface area contributed by atoms with Crippen molar-refractivity contribution in [2.75, 3.05) is 13.6 Å². The van der Waals surface area contributed by atoms with Crippen molar-refractivity contribution in [3.05, 3.63) is 28.0 Å².